The molecule has 4 nitrogen and oxygen atoms in total. The van der Waals surface area contributed by atoms with E-state index in [0.29, 0.717) is 5.82 Å². The van der Waals surface area contributed by atoms with Gasteiger partial charge in [0.05, 0.1) is 33.5 Å². The molecule has 0 saturated carbocycles. The molecule has 1 aliphatic carbocycles. The highest BCUT2D eigenvalue weighted by molar-refractivity contribution is 6.10. The highest BCUT2D eigenvalue weighted by atomic mass is 15.0. The van der Waals surface area contributed by atoms with Crippen LogP contribution in [-0.2, 0) is 0 Å². The molecule has 0 fully saturated rings. The molecule has 0 N–H and O–H groups in total. The molecule has 3 aromatic heterocycles. The summed E-state index contributed by atoms with van der Waals surface area (Å²) in [5.41, 5.74) is 19.0. The molecule has 0 radical (unpaired) electrons. The van der Waals surface area contributed by atoms with Crippen LogP contribution in [0.15, 0.2) is 243 Å². The van der Waals surface area contributed by atoms with Crippen LogP contribution in [0.2, 0.25) is 0 Å². The van der Waals surface area contributed by atoms with Crippen molar-refractivity contribution in [1.82, 2.24) is 19.1 Å². The van der Waals surface area contributed by atoms with Gasteiger partial charge in [-0.05, 0) is 107 Å². The number of aromatic nitrogens is 4. The van der Waals surface area contributed by atoms with Gasteiger partial charge in [-0.3, -0.25) is 0 Å². The Hall–Kier alpha value is -8.86. The lowest BCUT2D eigenvalue weighted by Crippen LogP contribution is -1.98. The van der Waals surface area contributed by atoms with Gasteiger partial charge >= 0.3 is 0 Å². The van der Waals surface area contributed by atoms with Crippen molar-refractivity contribution in [2.24, 2.45) is 0 Å². The fourth-order valence-electron chi connectivity index (χ4n) is 10.3. The zero-order valence-corrected chi connectivity index (χ0v) is 37.3. The molecule has 12 aromatic rings. The predicted octanol–water partition coefficient (Wildman–Crippen LogP) is 16.7. The summed E-state index contributed by atoms with van der Waals surface area (Å²) in [6, 6.07) is 80.8. The standard InChI is InChI=1S/C64H44N4/c1-2-15-43(16-3-1)48-17-12-18-49(39-48)44-31-35-46(36-32-44)58-42-59(66-64(65-58)51-20-14-22-53(41-51)68-62-29-10-6-25-56(62)57-26-7-11-30-63(57)68)47-37-33-45(34-38-47)50-19-13-21-52(40-50)67-60-27-8-4-23-54(60)55-24-5-9-28-61(55)67/h1-2,4-15,17-42H,3,16H2. The highest BCUT2D eigenvalue weighted by Crippen LogP contribution is 2.37. The van der Waals surface area contributed by atoms with Gasteiger partial charge in [0.25, 0.3) is 0 Å². The van der Waals surface area contributed by atoms with Crippen molar-refractivity contribution in [1.29, 1.82) is 0 Å². The molecule has 4 heteroatoms. The first-order valence-corrected chi connectivity index (χ1v) is 23.4. The minimum absolute atomic E-state index is 0.676. The van der Waals surface area contributed by atoms with Crippen molar-refractivity contribution in [3.63, 3.8) is 0 Å². The van der Waals surface area contributed by atoms with Gasteiger partial charge in [0.15, 0.2) is 5.82 Å². The van der Waals surface area contributed by atoms with Crippen molar-refractivity contribution in [3.8, 4) is 67.5 Å². The topological polar surface area (TPSA) is 35.6 Å². The van der Waals surface area contributed by atoms with E-state index >= 15 is 0 Å². The quantitative estimate of drug-likeness (QED) is 0.153. The van der Waals surface area contributed by atoms with Crippen LogP contribution in [0.5, 0.6) is 0 Å². The first-order valence-electron chi connectivity index (χ1n) is 23.4. The van der Waals surface area contributed by atoms with E-state index in [1.165, 1.54) is 65.9 Å². The molecule has 0 atom stereocenters. The van der Waals surface area contributed by atoms with E-state index in [9.17, 15) is 0 Å². The molecule has 9 aromatic carbocycles. The molecule has 0 saturated heterocycles. The van der Waals surface area contributed by atoms with Gasteiger partial charge in [0.1, 0.15) is 0 Å². The molecular weight excluding hydrogens is 825 g/mol. The Morgan fingerprint density at radius 1 is 0.324 bits per heavy atom. The maximum absolute atomic E-state index is 5.34. The third-order valence-electron chi connectivity index (χ3n) is 13.6. The van der Waals surface area contributed by atoms with Gasteiger partial charge in [0, 0.05) is 49.6 Å². The Labute approximate surface area is 395 Å². The van der Waals surface area contributed by atoms with Crippen LogP contribution in [-0.4, -0.2) is 19.1 Å². The summed E-state index contributed by atoms with van der Waals surface area (Å²) in [7, 11) is 0. The Kier molecular flexibility index (Phi) is 9.61. The number of rotatable bonds is 8. The van der Waals surface area contributed by atoms with Crippen LogP contribution >= 0.6 is 0 Å². The molecule has 68 heavy (non-hydrogen) atoms. The largest absolute Gasteiger partial charge is 0.309 e. The van der Waals surface area contributed by atoms with Crippen molar-refractivity contribution in [3.05, 3.63) is 248 Å². The van der Waals surface area contributed by atoms with Crippen LogP contribution in [0.25, 0.3) is 117 Å². The average molecular weight is 869 g/mol. The van der Waals surface area contributed by atoms with Gasteiger partial charge in [-0.25, -0.2) is 9.97 Å². The third-order valence-corrected chi connectivity index (χ3v) is 13.6. The van der Waals surface area contributed by atoms with Gasteiger partial charge in [-0.1, -0.05) is 182 Å². The number of fused-ring (bicyclic) bond motifs is 6. The first-order chi connectivity index (χ1) is 33.7. The van der Waals surface area contributed by atoms with Crippen molar-refractivity contribution in [2.45, 2.75) is 12.8 Å². The zero-order chi connectivity index (χ0) is 45.0. The van der Waals surface area contributed by atoms with Crippen LogP contribution in [0.1, 0.15) is 18.4 Å². The fourth-order valence-corrected chi connectivity index (χ4v) is 10.3. The van der Waals surface area contributed by atoms with Crippen molar-refractivity contribution in [2.75, 3.05) is 0 Å². The van der Waals surface area contributed by atoms with E-state index in [1.54, 1.807) is 0 Å². The van der Waals surface area contributed by atoms with Crippen LogP contribution in [0.4, 0.5) is 0 Å². The van der Waals surface area contributed by atoms with Crippen LogP contribution in [0.3, 0.4) is 0 Å². The van der Waals surface area contributed by atoms with Crippen LogP contribution < -0.4 is 0 Å². The lowest BCUT2D eigenvalue weighted by atomic mass is 9.94. The lowest BCUT2D eigenvalue weighted by molar-refractivity contribution is 1.05. The lowest BCUT2D eigenvalue weighted by Gasteiger charge is -2.13. The smallest absolute Gasteiger partial charge is 0.160 e. The second kappa shape index (κ2) is 16.5. The van der Waals surface area contributed by atoms with E-state index in [0.717, 1.165) is 63.4 Å². The summed E-state index contributed by atoms with van der Waals surface area (Å²) in [5, 5.41) is 4.97. The normalized spacial score (nSPS) is 12.6. The number of allylic oxidation sites excluding steroid dienone is 4. The van der Waals surface area contributed by atoms with Gasteiger partial charge in [-0.15, -0.1) is 0 Å². The summed E-state index contributed by atoms with van der Waals surface area (Å²) in [4.78, 5) is 10.7. The SMILES string of the molecule is C1=CCCC(c2cccc(-c3ccc(-c4cc(-c5ccc(-c6cccc(-n7c8ccccc8c8ccccc87)c6)cc5)nc(-c5cccc(-n6c7ccccc7c7ccccc76)c5)n4)cc3)c2)=C1. The number of nitrogens with zero attached hydrogens (tertiary/aromatic N) is 4. The first kappa shape index (κ1) is 39.5. The van der Waals surface area contributed by atoms with Crippen molar-refractivity contribution < 1.29 is 0 Å². The second-order valence-electron chi connectivity index (χ2n) is 17.7. The minimum atomic E-state index is 0.676. The predicted molar refractivity (Wildman–Crippen MR) is 284 cm³/mol. The van der Waals surface area contributed by atoms with E-state index in [2.05, 4.69) is 252 Å². The van der Waals surface area contributed by atoms with Crippen molar-refractivity contribution >= 4 is 49.2 Å². The Morgan fingerprint density at radius 2 is 0.735 bits per heavy atom. The Bertz CT molecular complexity index is 3850. The van der Waals surface area contributed by atoms with E-state index < -0.39 is 0 Å². The molecule has 1 aliphatic rings. The third kappa shape index (κ3) is 6.94. The Morgan fingerprint density at radius 3 is 1.22 bits per heavy atom. The number of benzene rings is 9. The molecule has 0 amide bonds. The number of hydrogen-bond donors (Lipinski definition) is 0. The minimum Gasteiger partial charge on any atom is -0.309 e. The van der Waals surface area contributed by atoms with Gasteiger partial charge in [-0.2, -0.15) is 0 Å². The molecule has 0 unspecified atom stereocenters. The molecule has 3 heterocycles. The number of hydrogen-bond acceptors (Lipinski definition) is 2. The molecular formula is C64H44N4. The maximum atomic E-state index is 5.34. The van der Waals surface area contributed by atoms with Gasteiger partial charge in [0.2, 0.25) is 0 Å². The van der Waals surface area contributed by atoms with Crippen LogP contribution in [0, 0.1) is 0 Å². The number of para-hydroxylation sites is 4. The van der Waals surface area contributed by atoms with E-state index in [4.69, 9.17) is 9.97 Å². The summed E-state index contributed by atoms with van der Waals surface area (Å²) < 4.78 is 4.72. The molecule has 0 spiro atoms. The van der Waals surface area contributed by atoms with E-state index in [1.807, 2.05) is 0 Å². The molecule has 320 valence electrons. The van der Waals surface area contributed by atoms with Gasteiger partial charge < -0.3 is 9.13 Å². The summed E-state index contributed by atoms with van der Waals surface area (Å²) in [6.45, 7) is 0. The molecule has 0 bridgehead atoms. The molecule has 13 rings (SSSR count). The second-order valence-corrected chi connectivity index (χ2v) is 17.7. The summed E-state index contributed by atoms with van der Waals surface area (Å²) in [6.07, 6.45) is 8.81. The monoisotopic (exact) mass is 868 g/mol. The summed E-state index contributed by atoms with van der Waals surface area (Å²) >= 11 is 0. The van der Waals surface area contributed by atoms with E-state index in [-0.39, 0.29) is 0 Å². The Balaban J connectivity index is 0.896. The maximum Gasteiger partial charge on any atom is 0.160 e. The zero-order valence-electron chi connectivity index (χ0n) is 37.3. The fraction of sp³-hybridized carbons (Fsp3) is 0.0312. The average Bonchev–Trinajstić information content (AvgIpc) is 3.94. The highest BCUT2D eigenvalue weighted by Gasteiger charge is 2.17. The molecule has 0 aliphatic heterocycles. The summed E-state index contributed by atoms with van der Waals surface area (Å²) in [5.74, 6) is 0.676.